The second kappa shape index (κ2) is 5.79. The van der Waals surface area contributed by atoms with Crippen molar-refractivity contribution < 1.29 is 24.2 Å². The number of hydrogen-bond acceptors (Lipinski definition) is 6. The number of benzene rings is 1. The first kappa shape index (κ1) is 13.5. The maximum absolute atomic E-state index is 9.05. The van der Waals surface area contributed by atoms with Gasteiger partial charge in [0.25, 0.3) is 0 Å². The molecule has 0 aromatic heterocycles. The van der Waals surface area contributed by atoms with Crippen molar-refractivity contribution in [1.29, 1.82) is 0 Å². The van der Waals surface area contributed by atoms with E-state index in [0.717, 1.165) is 11.3 Å². The van der Waals surface area contributed by atoms with Gasteiger partial charge in [-0.2, -0.15) is 0 Å². The Morgan fingerprint density at radius 2 is 1.84 bits per heavy atom. The molecule has 0 fully saturated rings. The van der Waals surface area contributed by atoms with E-state index in [1.165, 1.54) is 0 Å². The van der Waals surface area contributed by atoms with Crippen LogP contribution in [-0.2, 0) is 4.84 Å². The fraction of sp³-hybridized carbons (Fsp3) is 0.462. The third-order valence-electron chi connectivity index (χ3n) is 2.93. The van der Waals surface area contributed by atoms with E-state index in [9.17, 15) is 0 Å². The summed E-state index contributed by atoms with van der Waals surface area (Å²) in [6.45, 7) is -0.0581. The van der Waals surface area contributed by atoms with E-state index in [2.05, 4.69) is 5.16 Å². The Bertz CT molecular complexity index is 461. The van der Waals surface area contributed by atoms with Crippen LogP contribution < -0.4 is 14.2 Å². The van der Waals surface area contributed by atoms with Gasteiger partial charge in [0.1, 0.15) is 0 Å². The van der Waals surface area contributed by atoms with Crippen LogP contribution in [0.4, 0.5) is 0 Å². The van der Waals surface area contributed by atoms with Crippen LogP contribution in [0.15, 0.2) is 17.3 Å². The van der Waals surface area contributed by atoms with Crippen molar-refractivity contribution in [2.75, 3.05) is 27.9 Å². The number of ether oxygens (including phenoxy) is 3. The van der Waals surface area contributed by atoms with Gasteiger partial charge in [0.2, 0.25) is 5.75 Å². The molecule has 6 heteroatoms. The van der Waals surface area contributed by atoms with Crippen LogP contribution in [0.2, 0.25) is 0 Å². The molecule has 1 atom stereocenters. The standard InChI is InChI=1S/C13H17NO5/c1-16-11-4-8(5-12(17-2)13(11)18-3)10-6-9(7-15)19-14-10/h4-5,9,15H,6-7H2,1-3H3. The summed E-state index contributed by atoms with van der Waals surface area (Å²) in [7, 11) is 4.67. The van der Waals surface area contributed by atoms with Crippen LogP contribution in [0, 0.1) is 0 Å². The van der Waals surface area contributed by atoms with E-state index in [1.54, 1.807) is 21.3 Å². The molecular formula is C13H17NO5. The van der Waals surface area contributed by atoms with E-state index in [-0.39, 0.29) is 12.7 Å². The predicted molar refractivity (Wildman–Crippen MR) is 69.2 cm³/mol. The molecule has 1 unspecified atom stereocenters. The average molecular weight is 267 g/mol. The first-order chi connectivity index (χ1) is 9.23. The van der Waals surface area contributed by atoms with E-state index in [1.807, 2.05) is 12.1 Å². The molecule has 1 heterocycles. The van der Waals surface area contributed by atoms with E-state index in [4.69, 9.17) is 24.2 Å². The lowest BCUT2D eigenvalue weighted by molar-refractivity contribution is 0.0390. The van der Waals surface area contributed by atoms with Gasteiger partial charge in [0.15, 0.2) is 17.6 Å². The topological polar surface area (TPSA) is 69.5 Å². The maximum atomic E-state index is 9.05. The fourth-order valence-corrected chi connectivity index (χ4v) is 1.94. The number of oxime groups is 1. The number of hydrogen-bond donors (Lipinski definition) is 1. The third kappa shape index (κ3) is 2.58. The molecule has 0 spiro atoms. The molecule has 0 bridgehead atoms. The number of aliphatic hydroxyl groups excluding tert-OH is 1. The van der Waals surface area contributed by atoms with Crippen molar-refractivity contribution >= 4 is 5.71 Å². The van der Waals surface area contributed by atoms with Gasteiger partial charge in [-0.25, -0.2) is 0 Å². The minimum atomic E-state index is -0.283. The van der Waals surface area contributed by atoms with Gasteiger partial charge in [-0.05, 0) is 12.1 Å². The molecule has 0 aliphatic carbocycles. The zero-order valence-corrected chi connectivity index (χ0v) is 11.2. The summed E-state index contributed by atoms with van der Waals surface area (Å²) in [5, 5.41) is 13.0. The zero-order chi connectivity index (χ0) is 13.8. The molecule has 19 heavy (non-hydrogen) atoms. The normalized spacial score (nSPS) is 17.7. The highest BCUT2D eigenvalue weighted by Gasteiger charge is 2.23. The summed E-state index contributed by atoms with van der Waals surface area (Å²) in [6.07, 6.45) is 0.267. The summed E-state index contributed by atoms with van der Waals surface area (Å²) in [5.74, 6) is 1.66. The lowest BCUT2D eigenvalue weighted by atomic mass is 10.0. The highest BCUT2D eigenvalue weighted by molar-refractivity contribution is 6.02. The fourth-order valence-electron chi connectivity index (χ4n) is 1.94. The lowest BCUT2D eigenvalue weighted by Crippen LogP contribution is -2.13. The van der Waals surface area contributed by atoms with E-state index >= 15 is 0 Å². The Morgan fingerprint density at radius 3 is 2.26 bits per heavy atom. The monoisotopic (exact) mass is 267 g/mol. The maximum Gasteiger partial charge on any atom is 0.203 e. The van der Waals surface area contributed by atoms with Crippen molar-refractivity contribution in [2.24, 2.45) is 5.16 Å². The minimum absolute atomic E-state index is 0.0581. The molecular weight excluding hydrogens is 250 g/mol. The molecule has 1 aliphatic rings. The third-order valence-corrected chi connectivity index (χ3v) is 2.93. The lowest BCUT2D eigenvalue weighted by Gasteiger charge is -2.13. The Hall–Kier alpha value is -1.95. The molecule has 104 valence electrons. The van der Waals surface area contributed by atoms with Gasteiger partial charge in [-0.1, -0.05) is 5.16 Å². The summed E-state index contributed by atoms with van der Waals surface area (Å²) in [5.41, 5.74) is 1.57. The molecule has 1 aliphatic heterocycles. The first-order valence-electron chi connectivity index (χ1n) is 5.87. The minimum Gasteiger partial charge on any atom is -0.493 e. The van der Waals surface area contributed by atoms with Gasteiger partial charge in [0.05, 0.1) is 33.6 Å². The number of nitrogens with zero attached hydrogens (tertiary/aromatic N) is 1. The van der Waals surface area contributed by atoms with Crippen molar-refractivity contribution in [3.63, 3.8) is 0 Å². The first-order valence-corrected chi connectivity index (χ1v) is 5.87. The second-order valence-electron chi connectivity index (χ2n) is 4.07. The second-order valence-corrected chi connectivity index (χ2v) is 4.07. The summed E-state index contributed by atoms with van der Waals surface area (Å²) >= 11 is 0. The van der Waals surface area contributed by atoms with Gasteiger partial charge < -0.3 is 24.2 Å². The molecule has 0 amide bonds. The molecule has 1 N–H and O–H groups in total. The summed E-state index contributed by atoms with van der Waals surface area (Å²) in [6, 6.07) is 3.62. The average Bonchev–Trinajstić information content (AvgIpc) is 2.94. The van der Waals surface area contributed by atoms with Crippen LogP contribution >= 0.6 is 0 Å². The van der Waals surface area contributed by atoms with Crippen molar-refractivity contribution in [3.8, 4) is 17.2 Å². The number of methoxy groups -OCH3 is 3. The summed E-state index contributed by atoms with van der Waals surface area (Å²) < 4.78 is 15.8. The van der Waals surface area contributed by atoms with Gasteiger partial charge in [-0.15, -0.1) is 0 Å². The predicted octanol–water partition coefficient (Wildman–Crippen LogP) is 1.20. The molecule has 6 nitrogen and oxygen atoms in total. The Morgan fingerprint density at radius 1 is 1.21 bits per heavy atom. The van der Waals surface area contributed by atoms with E-state index < -0.39 is 0 Å². The van der Waals surface area contributed by atoms with Crippen LogP contribution in [0.1, 0.15) is 12.0 Å². The Kier molecular flexibility index (Phi) is 4.11. The smallest absolute Gasteiger partial charge is 0.203 e. The SMILES string of the molecule is COc1cc(C2=NOC(CO)C2)cc(OC)c1OC. The molecule has 1 aromatic rings. The van der Waals surface area contributed by atoms with Crippen LogP contribution in [0.5, 0.6) is 17.2 Å². The van der Waals surface area contributed by atoms with E-state index in [0.29, 0.717) is 23.7 Å². The zero-order valence-electron chi connectivity index (χ0n) is 11.2. The number of aliphatic hydroxyl groups is 1. The highest BCUT2D eigenvalue weighted by atomic mass is 16.6. The summed E-state index contributed by atoms with van der Waals surface area (Å²) in [4.78, 5) is 5.10. The Balaban J connectivity index is 2.37. The van der Waals surface area contributed by atoms with Crippen molar-refractivity contribution in [2.45, 2.75) is 12.5 Å². The van der Waals surface area contributed by atoms with Crippen LogP contribution in [0.25, 0.3) is 0 Å². The van der Waals surface area contributed by atoms with Gasteiger partial charge in [-0.3, -0.25) is 0 Å². The number of rotatable bonds is 5. The highest BCUT2D eigenvalue weighted by Crippen LogP contribution is 2.39. The van der Waals surface area contributed by atoms with Gasteiger partial charge >= 0.3 is 0 Å². The molecule has 0 radical (unpaired) electrons. The Labute approximate surface area is 111 Å². The largest absolute Gasteiger partial charge is 0.493 e. The van der Waals surface area contributed by atoms with Crippen molar-refractivity contribution in [3.05, 3.63) is 17.7 Å². The van der Waals surface area contributed by atoms with Gasteiger partial charge in [0, 0.05) is 12.0 Å². The van der Waals surface area contributed by atoms with Crippen molar-refractivity contribution in [1.82, 2.24) is 0 Å². The molecule has 0 saturated heterocycles. The van der Waals surface area contributed by atoms with Crippen LogP contribution in [0.3, 0.4) is 0 Å². The quantitative estimate of drug-likeness (QED) is 0.868. The van der Waals surface area contributed by atoms with Crippen LogP contribution in [-0.4, -0.2) is 44.9 Å². The molecule has 0 saturated carbocycles. The molecule has 1 aromatic carbocycles. The molecule has 2 rings (SSSR count).